The number of hydrogen-bond donors (Lipinski definition) is 0. The molecule has 2 aromatic rings. The minimum atomic E-state index is -1.00. The van der Waals surface area contributed by atoms with Crippen molar-refractivity contribution in [3.63, 3.8) is 0 Å². The SMILES string of the molecule is COc1ccccc1C(Cl)c1cc(F)c(F)cc1Cl. The van der Waals surface area contributed by atoms with Gasteiger partial charge >= 0.3 is 0 Å². The summed E-state index contributed by atoms with van der Waals surface area (Å²) in [5.74, 6) is -1.43. The third-order valence-corrected chi connectivity index (χ3v) is 3.52. The van der Waals surface area contributed by atoms with Gasteiger partial charge in [-0.1, -0.05) is 29.8 Å². The summed E-state index contributed by atoms with van der Waals surface area (Å²) in [6.07, 6.45) is 0. The van der Waals surface area contributed by atoms with Gasteiger partial charge in [-0.05, 0) is 23.8 Å². The molecular formula is C14H10Cl2F2O. The van der Waals surface area contributed by atoms with Crippen molar-refractivity contribution in [2.75, 3.05) is 7.11 Å². The average Bonchev–Trinajstić information content (AvgIpc) is 2.42. The lowest BCUT2D eigenvalue weighted by Crippen LogP contribution is -2.00. The molecule has 1 unspecified atom stereocenters. The Morgan fingerprint density at radius 2 is 1.68 bits per heavy atom. The van der Waals surface area contributed by atoms with Crippen LogP contribution in [0.2, 0.25) is 5.02 Å². The molecule has 0 heterocycles. The highest BCUT2D eigenvalue weighted by Gasteiger charge is 2.20. The van der Waals surface area contributed by atoms with Crippen LogP contribution in [0.4, 0.5) is 8.78 Å². The molecule has 0 radical (unpaired) electrons. The Balaban J connectivity index is 2.50. The van der Waals surface area contributed by atoms with Crippen LogP contribution in [-0.4, -0.2) is 7.11 Å². The molecule has 1 atom stereocenters. The largest absolute Gasteiger partial charge is 0.496 e. The molecule has 0 aliphatic carbocycles. The third-order valence-electron chi connectivity index (χ3n) is 2.72. The van der Waals surface area contributed by atoms with Crippen molar-refractivity contribution < 1.29 is 13.5 Å². The highest BCUT2D eigenvalue weighted by Crippen LogP contribution is 2.38. The molecule has 0 amide bonds. The highest BCUT2D eigenvalue weighted by molar-refractivity contribution is 6.33. The molecule has 0 aliphatic heterocycles. The van der Waals surface area contributed by atoms with Crippen LogP contribution in [0.3, 0.4) is 0 Å². The van der Waals surface area contributed by atoms with Gasteiger partial charge in [0.2, 0.25) is 0 Å². The molecule has 0 fully saturated rings. The van der Waals surface area contributed by atoms with Gasteiger partial charge in [0.1, 0.15) is 5.75 Å². The van der Waals surface area contributed by atoms with Gasteiger partial charge in [0.15, 0.2) is 11.6 Å². The maximum absolute atomic E-state index is 13.3. The Morgan fingerprint density at radius 3 is 2.37 bits per heavy atom. The number of alkyl halides is 1. The van der Waals surface area contributed by atoms with Crippen LogP contribution in [-0.2, 0) is 0 Å². The summed E-state index contributed by atoms with van der Waals surface area (Å²) in [6, 6.07) is 8.96. The van der Waals surface area contributed by atoms with Crippen LogP contribution in [0.15, 0.2) is 36.4 Å². The number of rotatable bonds is 3. The van der Waals surface area contributed by atoms with Crippen molar-refractivity contribution >= 4 is 23.2 Å². The van der Waals surface area contributed by atoms with E-state index in [0.717, 1.165) is 12.1 Å². The Kier molecular flexibility index (Phi) is 4.27. The maximum Gasteiger partial charge on any atom is 0.160 e. The second kappa shape index (κ2) is 5.76. The zero-order valence-electron chi connectivity index (χ0n) is 9.96. The second-order valence-corrected chi connectivity index (χ2v) is 4.74. The Labute approximate surface area is 119 Å². The van der Waals surface area contributed by atoms with E-state index in [9.17, 15) is 8.78 Å². The normalized spacial score (nSPS) is 12.3. The fourth-order valence-corrected chi connectivity index (χ4v) is 2.45. The molecule has 0 aliphatic rings. The standard InChI is InChI=1S/C14H10Cl2F2O/c1-19-13-5-3-2-4-8(13)14(16)9-6-11(17)12(18)7-10(9)15/h2-7,14H,1H3. The molecule has 100 valence electrons. The van der Waals surface area contributed by atoms with Crippen LogP contribution >= 0.6 is 23.2 Å². The molecule has 0 saturated carbocycles. The quantitative estimate of drug-likeness (QED) is 0.575. The Morgan fingerprint density at radius 1 is 1.05 bits per heavy atom. The van der Waals surface area contributed by atoms with E-state index in [1.807, 2.05) is 0 Å². The number of benzene rings is 2. The minimum Gasteiger partial charge on any atom is -0.496 e. The van der Waals surface area contributed by atoms with Crippen molar-refractivity contribution in [2.45, 2.75) is 5.38 Å². The first-order chi connectivity index (χ1) is 9.04. The summed E-state index contributed by atoms with van der Waals surface area (Å²) in [4.78, 5) is 0. The molecule has 0 saturated heterocycles. The third kappa shape index (κ3) is 2.82. The summed E-state index contributed by atoms with van der Waals surface area (Å²) < 4.78 is 31.5. The predicted molar refractivity (Wildman–Crippen MR) is 72.1 cm³/mol. The molecule has 1 nitrogen and oxygen atoms in total. The summed E-state index contributed by atoms with van der Waals surface area (Å²) in [7, 11) is 1.51. The van der Waals surface area contributed by atoms with Gasteiger partial charge in [-0.25, -0.2) is 8.78 Å². The fourth-order valence-electron chi connectivity index (χ4n) is 1.78. The van der Waals surface area contributed by atoms with Gasteiger partial charge in [-0.15, -0.1) is 11.6 Å². The van der Waals surface area contributed by atoms with Gasteiger partial charge in [-0.3, -0.25) is 0 Å². The summed E-state index contributed by atoms with van der Waals surface area (Å²) in [5.41, 5.74) is 0.936. The molecular weight excluding hydrogens is 293 g/mol. The van der Waals surface area contributed by atoms with E-state index >= 15 is 0 Å². The van der Waals surface area contributed by atoms with Gasteiger partial charge < -0.3 is 4.74 Å². The van der Waals surface area contributed by atoms with Gasteiger partial charge in [0, 0.05) is 10.6 Å². The zero-order chi connectivity index (χ0) is 14.0. The van der Waals surface area contributed by atoms with E-state index in [1.54, 1.807) is 24.3 Å². The summed E-state index contributed by atoms with van der Waals surface area (Å²) in [5, 5.41) is -0.649. The topological polar surface area (TPSA) is 9.23 Å². The van der Waals surface area contributed by atoms with E-state index in [-0.39, 0.29) is 5.02 Å². The van der Waals surface area contributed by atoms with Gasteiger partial charge in [0.25, 0.3) is 0 Å². The molecule has 2 rings (SSSR count). The van der Waals surface area contributed by atoms with Gasteiger partial charge in [0.05, 0.1) is 12.5 Å². The number of hydrogen-bond acceptors (Lipinski definition) is 1. The first-order valence-electron chi connectivity index (χ1n) is 5.46. The highest BCUT2D eigenvalue weighted by atomic mass is 35.5. The van der Waals surface area contributed by atoms with E-state index in [4.69, 9.17) is 27.9 Å². The minimum absolute atomic E-state index is 0.0739. The lowest BCUT2D eigenvalue weighted by molar-refractivity contribution is 0.410. The van der Waals surface area contributed by atoms with Crippen LogP contribution in [0.1, 0.15) is 16.5 Å². The number of methoxy groups -OCH3 is 1. The van der Waals surface area contributed by atoms with Crippen molar-refractivity contribution in [3.8, 4) is 5.75 Å². The first kappa shape index (κ1) is 14.1. The van der Waals surface area contributed by atoms with E-state index in [1.165, 1.54) is 7.11 Å². The zero-order valence-corrected chi connectivity index (χ0v) is 11.5. The fraction of sp³-hybridized carbons (Fsp3) is 0.143. The van der Waals surface area contributed by atoms with Gasteiger partial charge in [-0.2, -0.15) is 0 Å². The molecule has 19 heavy (non-hydrogen) atoms. The van der Waals surface area contributed by atoms with Crippen molar-refractivity contribution in [3.05, 3.63) is 64.2 Å². The molecule has 0 N–H and O–H groups in total. The molecule has 0 bridgehead atoms. The molecule has 0 spiro atoms. The smallest absolute Gasteiger partial charge is 0.160 e. The average molecular weight is 303 g/mol. The monoisotopic (exact) mass is 302 g/mol. The first-order valence-corrected chi connectivity index (χ1v) is 6.27. The van der Waals surface area contributed by atoms with Crippen LogP contribution in [0, 0.1) is 11.6 Å². The van der Waals surface area contributed by atoms with Crippen LogP contribution in [0.25, 0.3) is 0 Å². The van der Waals surface area contributed by atoms with Crippen LogP contribution < -0.4 is 4.74 Å². The van der Waals surface area contributed by atoms with E-state index in [2.05, 4.69) is 0 Å². The Bertz CT molecular complexity index is 602. The Hall–Kier alpha value is -1.32. The molecule has 5 heteroatoms. The van der Waals surface area contributed by atoms with Crippen LogP contribution in [0.5, 0.6) is 5.75 Å². The molecule has 0 aromatic heterocycles. The second-order valence-electron chi connectivity index (χ2n) is 3.89. The predicted octanol–water partition coefficient (Wildman–Crippen LogP) is 4.96. The lowest BCUT2D eigenvalue weighted by atomic mass is 10.0. The summed E-state index contributed by atoms with van der Waals surface area (Å²) >= 11 is 12.2. The van der Waals surface area contributed by atoms with E-state index < -0.39 is 17.0 Å². The van der Waals surface area contributed by atoms with Crippen molar-refractivity contribution in [1.82, 2.24) is 0 Å². The lowest BCUT2D eigenvalue weighted by Gasteiger charge is -2.15. The molecule has 2 aromatic carbocycles. The number of halogens is 4. The number of ether oxygens (including phenoxy) is 1. The maximum atomic E-state index is 13.3. The van der Waals surface area contributed by atoms with E-state index in [0.29, 0.717) is 16.9 Å². The number of para-hydroxylation sites is 1. The van der Waals surface area contributed by atoms with Crippen molar-refractivity contribution in [1.29, 1.82) is 0 Å². The summed E-state index contributed by atoms with van der Waals surface area (Å²) in [6.45, 7) is 0. The van der Waals surface area contributed by atoms with Crippen molar-refractivity contribution in [2.24, 2.45) is 0 Å².